The highest BCUT2D eigenvalue weighted by Gasteiger charge is 2.28. The molecular formula is C20H25N3O4S. The highest BCUT2D eigenvalue weighted by atomic mass is 32.2. The van der Waals surface area contributed by atoms with E-state index in [1.807, 2.05) is 24.3 Å². The number of sulfonamides is 1. The van der Waals surface area contributed by atoms with Gasteiger partial charge in [0.1, 0.15) is 5.75 Å². The number of amides is 1. The molecule has 1 fully saturated rings. The second kappa shape index (κ2) is 8.62. The predicted octanol–water partition coefficient (Wildman–Crippen LogP) is 1.71. The van der Waals surface area contributed by atoms with Gasteiger partial charge in [0.2, 0.25) is 15.9 Å². The Morgan fingerprint density at radius 2 is 1.61 bits per heavy atom. The summed E-state index contributed by atoms with van der Waals surface area (Å²) in [5, 5.41) is 0. The fraction of sp³-hybridized carbons (Fsp3) is 0.350. The van der Waals surface area contributed by atoms with E-state index in [9.17, 15) is 13.2 Å². The minimum atomic E-state index is -3.73. The first-order valence-corrected chi connectivity index (χ1v) is 10.6. The molecule has 8 heteroatoms. The van der Waals surface area contributed by atoms with E-state index in [4.69, 9.17) is 4.74 Å². The molecule has 1 amide bonds. The number of hydrogen-bond donors (Lipinski definition) is 1. The lowest BCUT2D eigenvalue weighted by Gasteiger charge is -2.37. The summed E-state index contributed by atoms with van der Waals surface area (Å²) in [5.74, 6) is 0.574. The summed E-state index contributed by atoms with van der Waals surface area (Å²) in [4.78, 5) is 16.7. The van der Waals surface area contributed by atoms with Crippen LogP contribution in [0.15, 0.2) is 59.5 Å². The zero-order chi connectivity index (χ0) is 20.1. The van der Waals surface area contributed by atoms with E-state index < -0.39 is 16.1 Å². The fourth-order valence-corrected chi connectivity index (χ4v) is 4.50. The van der Waals surface area contributed by atoms with Gasteiger partial charge in [-0.2, -0.15) is 4.72 Å². The zero-order valence-electron chi connectivity index (χ0n) is 16.0. The van der Waals surface area contributed by atoms with Gasteiger partial charge in [0.05, 0.1) is 23.7 Å². The van der Waals surface area contributed by atoms with Crippen LogP contribution in [0.2, 0.25) is 0 Å². The monoisotopic (exact) mass is 403 g/mol. The van der Waals surface area contributed by atoms with Crippen LogP contribution in [-0.2, 0) is 14.8 Å². The summed E-state index contributed by atoms with van der Waals surface area (Å²) in [5.41, 5.74) is 0.995. The average molecular weight is 404 g/mol. The van der Waals surface area contributed by atoms with Crippen LogP contribution in [0, 0.1) is 0 Å². The molecule has 7 nitrogen and oxygen atoms in total. The van der Waals surface area contributed by atoms with Crippen molar-refractivity contribution in [1.29, 1.82) is 0 Å². The van der Waals surface area contributed by atoms with Gasteiger partial charge in [0.25, 0.3) is 0 Å². The number of carbonyl (C=O) groups is 1. The van der Waals surface area contributed by atoms with Crippen molar-refractivity contribution in [2.45, 2.75) is 17.9 Å². The summed E-state index contributed by atoms with van der Waals surface area (Å²) in [6, 6.07) is 15.0. The standard InChI is InChI=1S/C20H25N3O4S/c1-16(21-28(25,26)17-8-4-3-5-9-17)20(24)23-14-12-22(13-15-23)18-10-6-7-11-19(18)27-2/h3-11,16,21H,12-15H2,1-2H3. The van der Waals surface area contributed by atoms with Crippen molar-refractivity contribution in [3.8, 4) is 5.75 Å². The third kappa shape index (κ3) is 4.45. The maximum absolute atomic E-state index is 12.7. The van der Waals surface area contributed by atoms with Crippen LogP contribution < -0.4 is 14.4 Å². The van der Waals surface area contributed by atoms with Crippen molar-refractivity contribution in [2.75, 3.05) is 38.2 Å². The lowest BCUT2D eigenvalue weighted by atomic mass is 10.2. The van der Waals surface area contributed by atoms with Crippen LogP contribution >= 0.6 is 0 Å². The molecule has 0 saturated carbocycles. The van der Waals surface area contributed by atoms with E-state index in [1.165, 1.54) is 12.1 Å². The smallest absolute Gasteiger partial charge is 0.241 e. The number of anilines is 1. The van der Waals surface area contributed by atoms with Gasteiger partial charge in [-0.15, -0.1) is 0 Å². The molecule has 1 heterocycles. The van der Waals surface area contributed by atoms with Crippen LogP contribution in [0.1, 0.15) is 6.92 Å². The Morgan fingerprint density at radius 3 is 2.25 bits per heavy atom. The van der Waals surface area contributed by atoms with Crippen molar-refractivity contribution in [3.05, 3.63) is 54.6 Å². The summed E-state index contributed by atoms with van der Waals surface area (Å²) in [7, 11) is -2.09. The SMILES string of the molecule is COc1ccccc1N1CCN(C(=O)C(C)NS(=O)(=O)c2ccccc2)CC1. The lowest BCUT2D eigenvalue weighted by molar-refractivity contribution is -0.132. The Kier molecular flexibility index (Phi) is 6.21. The molecule has 1 N–H and O–H groups in total. The first kappa shape index (κ1) is 20.2. The van der Waals surface area contributed by atoms with Gasteiger partial charge in [0, 0.05) is 26.2 Å². The Bertz CT molecular complexity index is 910. The molecule has 3 rings (SSSR count). The highest BCUT2D eigenvalue weighted by Crippen LogP contribution is 2.28. The zero-order valence-corrected chi connectivity index (χ0v) is 16.9. The molecule has 2 aromatic carbocycles. The van der Waals surface area contributed by atoms with Crippen molar-refractivity contribution in [2.24, 2.45) is 0 Å². The molecule has 0 bridgehead atoms. The second-order valence-corrected chi connectivity index (χ2v) is 8.35. The number of piperazine rings is 1. The minimum absolute atomic E-state index is 0.149. The van der Waals surface area contributed by atoms with E-state index in [1.54, 1.807) is 37.1 Å². The Hall–Kier alpha value is -2.58. The minimum Gasteiger partial charge on any atom is -0.495 e. The summed E-state index contributed by atoms with van der Waals surface area (Å²) >= 11 is 0. The van der Waals surface area contributed by atoms with Crippen molar-refractivity contribution in [1.82, 2.24) is 9.62 Å². The maximum Gasteiger partial charge on any atom is 0.241 e. The number of ether oxygens (including phenoxy) is 1. The number of nitrogens with one attached hydrogen (secondary N) is 1. The van der Waals surface area contributed by atoms with E-state index in [0.717, 1.165) is 11.4 Å². The Morgan fingerprint density at radius 1 is 1.00 bits per heavy atom. The van der Waals surface area contributed by atoms with Crippen LogP contribution in [-0.4, -0.2) is 58.6 Å². The summed E-state index contributed by atoms with van der Waals surface area (Å²) in [6.07, 6.45) is 0. The number of hydrogen-bond acceptors (Lipinski definition) is 5. The van der Waals surface area contributed by atoms with Crippen LogP contribution in [0.3, 0.4) is 0 Å². The van der Waals surface area contributed by atoms with Crippen molar-refractivity contribution < 1.29 is 17.9 Å². The second-order valence-electron chi connectivity index (χ2n) is 6.64. The largest absolute Gasteiger partial charge is 0.495 e. The number of rotatable bonds is 6. The Labute approximate surface area is 166 Å². The molecular weight excluding hydrogens is 378 g/mol. The molecule has 1 aliphatic heterocycles. The van der Waals surface area contributed by atoms with Crippen molar-refractivity contribution in [3.63, 3.8) is 0 Å². The summed E-state index contributed by atoms with van der Waals surface area (Å²) in [6.45, 7) is 3.94. The third-order valence-electron chi connectivity index (χ3n) is 4.77. The molecule has 1 saturated heterocycles. The van der Waals surface area contributed by atoms with Gasteiger partial charge in [-0.1, -0.05) is 30.3 Å². The number of carbonyl (C=O) groups excluding carboxylic acids is 1. The third-order valence-corrected chi connectivity index (χ3v) is 6.33. The van der Waals surface area contributed by atoms with Crippen LogP contribution in [0.5, 0.6) is 5.75 Å². The van der Waals surface area contributed by atoms with E-state index in [0.29, 0.717) is 26.2 Å². The molecule has 2 aromatic rings. The first-order valence-electron chi connectivity index (χ1n) is 9.16. The molecule has 0 spiro atoms. The van der Waals surface area contributed by atoms with E-state index >= 15 is 0 Å². The van der Waals surface area contributed by atoms with Gasteiger partial charge < -0.3 is 14.5 Å². The predicted molar refractivity (Wildman–Crippen MR) is 108 cm³/mol. The molecule has 150 valence electrons. The normalized spacial score (nSPS) is 15.9. The highest BCUT2D eigenvalue weighted by molar-refractivity contribution is 7.89. The molecule has 28 heavy (non-hydrogen) atoms. The van der Waals surface area contributed by atoms with Crippen LogP contribution in [0.25, 0.3) is 0 Å². The number of para-hydroxylation sites is 2. The van der Waals surface area contributed by atoms with E-state index in [2.05, 4.69) is 9.62 Å². The van der Waals surface area contributed by atoms with Gasteiger partial charge in [0.15, 0.2) is 0 Å². The Balaban J connectivity index is 1.60. The van der Waals surface area contributed by atoms with Gasteiger partial charge in [-0.3, -0.25) is 4.79 Å². The number of nitrogens with zero attached hydrogens (tertiary/aromatic N) is 2. The average Bonchev–Trinajstić information content (AvgIpc) is 2.73. The van der Waals surface area contributed by atoms with Crippen LogP contribution in [0.4, 0.5) is 5.69 Å². The first-order chi connectivity index (χ1) is 13.4. The molecule has 1 aliphatic rings. The van der Waals surface area contributed by atoms with Crippen molar-refractivity contribution >= 4 is 21.6 Å². The fourth-order valence-electron chi connectivity index (χ4n) is 3.28. The summed E-state index contributed by atoms with van der Waals surface area (Å²) < 4.78 is 32.8. The molecule has 1 unspecified atom stereocenters. The number of benzene rings is 2. The number of methoxy groups -OCH3 is 1. The maximum atomic E-state index is 12.7. The topological polar surface area (TPSA) is 79.0 Å². The molecule has 0 aliphatic carbocycles. The van der Waals surface area contributed by atoms with E-state index in [-0.39, 0.29) is 10.8 Å². The van der Waals surface area contributed by atoms with Gasteiger partial charge in [-0.25, -0.2) is 8.42 Å². The lowest BCUT2D eigenvalue weighted by Crippen LogP contribution is -2.54. The molecule has 0 radical (unpaired) electrons. The molecule has 1 atom stereocenters. The van der Waals surface area contributed by atoms with Gasteiger partial charge in [-0.05, 0) is 31.2 Å². The van der Waals surface area contributed by atoms with Gasteiger partial charge >= 0.3 is 0 Å². The quantitative estimate of drug-likeness (QED) is 0.794. The molecule has 0 aromatic heterocycles.